The predicted octanol–water partition coefficient (Wildman–Crippen LogP) is 3.51. The summed E-state index contributed by atoms with van der Waals surface area (Å²) < 4.78 is 1.83. The van der Waals surface area contributed by atoms with Crippen molar-refractivity contribution in [1.29, 1.82) is 0 Å². The van der Waals surface area contributed by atoms with Gasteiger partial charge in [0.25, 0.3) is 5.56 Å². The van der Waals surface area contributed by atoms with Gasteiger partial charge in [0.15, 0.2) is 4.77 Å². The Morgan fingerprint density at radius 3 is 2.65 bits per heavy atom. The van der Waals surface area contributed by atoms with Gasteiger partial charge in [0.2, 0.25) is 0 Å². The van der Waals surface area contributed by atoms with Crippen LogP contribution in [0.25, 0.3) is 5.69 Å². The topological polar surface area (TPSA) is 37.8 Å². The number of nitrogens with zero attached hydrogens (tertiary/aromatic N) is 1. The van der Waals surface area contributed by atoms with Crippen LogP contribution in [0.2, 0.25) is 10.0 Å². The van der Waals surface area contributed by atoms with Crippen molar-refractivity contribution in [2.45, 2.75) is 6.92 Å². The SMILES string of the molecule is Cc1ccc(Cl)c(-n2ccc(=O)[nH]c2=S)c1Cl. The third kappa shape index (κ3) is 2.29. The van der Waals surface area contributed by atoms with Crippen molar-refractivity contribution in [3.8, 4) is 5.69 Å². The fraction of sp³-hybridized carbons (Fsp3) is 0.0909. The molecule has 3 nitrogen and oxygen atoms in total. The highest BCUT2D eigenvalue weighted by molar-refractivity contribution is 7.71. The van der Waals surface area contributed by atoms with Crippen LogP contribution in [-0.4, -0.2) is 9.55 Å². The highest BCUT2D eigenvalue weighted by atomic mass is 35.5. The van der Waals surface area contributed by atoms with E-state index in [0.29, 0.717) is 15.7 Å². The minimum Gasteiger partial charge on any atom is -0.299 e. The Morgan fingerprint density at radius 2 is 2.00 bits per heavy atom. The lowest BCUT2D eigenvalue weighted by Crippen LogP contribution is -2.10. The molecule has 17 heavy (non-hydrogen) atoms. The minimum absolute atomic E-state index is 0.256. The standard InChI is InChI=1S/C11H8Cl2N2OS/c1-6-2-3-7(12)10(9(6)13)15-5-4-8(16)14-11(15)17/h2-5H,1H3,(H,14,16,17). The first-order chi connectivity index (χ1) is 8.00. The lowest BCUT2D eigenvalue weighted by Gasteiger charge is -2.12. The van der Waals surface area contributed by atoms with Gasteiger partial charge in [-0.05, 0) is 30.8 Å². The summed E-state index contributed by atoms with van der Waals surface area (Å²) in [6, 6.07) is 4.93. The van der Waals surface area contributed by atoms with Crippen molar-refractivity contribution in [1.82, 2.24) is 9.55 Å². The van der Waals surface area contributed by atoms with Gasteiger partial charge in [0, 0.05) is 12.3 Å². The molecule has 1 N–H and O–H groups in total. The van der Waals surface area contributed by atoms with Crippen molar-refractivity contribution in [2.24, 2.45) is 0 Å². The number of rotatable bonds is 1. The van der Waals surface area contributed by atoms with Crippen LogP contribution >= 0.6 is 35.4 Å². The van der Waals surface area contributed by atoms with Crippen LogP contribution in [0.4, 0.5) is 0 Å². The maximum Gasteiger partial charge on any atom is 0.251 e. The number of aromatic nitrogens is 2. The van der Waals surface area contributed by atoms with E-state index in [0.717, 1.165) is 5.56 Å². The molecule has 1 aromatic heterocycles. The fourth-order valence-electron chi connectivity index (χ4n) is 1.46. The van der Waals surface area contributed by atoms with E-state index in [-0.39, 0.29) is 10.3 Å². The summed E-state index contributed by atoms with van der Waals surface area (Å²) in [5, 5.41) is 0.990. The number of hydrogen-bond donors (Lipinski definition) is 1. The summed E-state index contributed by atoms with van der Waals surface area (Å²) in [6.45, 7) is 1.87. The van der Waals surface area contributed by atoms with Gasteiger partial charge < -0.3 is 0 Å². The van der Waals surface area contributed by atoms with Crippen LogP contribution in [0, 0.1) is 11.7 Å². The second kappa shape index (κ2) is 4.64. The van der Waals surface area contributed by atoms with Crippen molar-refractivity contribution in [3.05, 3.63) is 55.1 Å². The van der Waals surface area contributed by atoms with Crippen LogP contribution in [0.5, 0.6) is 0 Å². The van der Waals surface area contributed by atoms with E-state index in [1.165, 1.54) is 6.07 Å². The Hall–Kier alpha value is -1.10. The molecule has 0 amide bonds. The Morgan fingerprint density at radius 1 is 1.29 bits per heavy atom. The first kappa shape index (κ1) is 12.4. The van der Waals surface area contributed by atoms with E-state index in [1.807, 2.05) is 13.0 Å². The second-order valence-corrected chi connectivity index (χ2v) is 4.68. The summed E-state index contributed by atoms with van der Waals surface area (Å²) in [4.78, 5) is 13.6. The summed E-state index contributed by atoms with van der Waals surface area (Å²) in [5.41, 5.74) is 1.21. The molecule has 1 aromatic carbocycles. The third-order valence-electron chi connectivity index (χ3n) is 2.32. The van der Waals surface area contributed by atoms with Crippen LogP contribution in [-0.2, 0) is 0 Å². The molecule has 0 saturated carbocycles. The van der Waals surface area contributed by atoms with E-state index in [4.69, 9.17) is 35.4 Å². The zero-order valence-electron chi connectivity index (χ0n) is 8.83. The molecule has 0 fully saturated rings. The first-order valence-electron chi connectivity index (χ1n) is 4.77. The smallest absolute Gasteiger partial charge is 0.251 e. The summed E-state index contributed by atoms with van der Waals surface area (Å²) in [6.07, 6.45) is 1.55. The number of H-pyrrole nitrogens is 1. The third-order valence-corrected chi connectivity index (χ3v) is 3.41. The number of aromatic amines is 1. The molecule has 0 atom stereocenters. The average Bonchev–Trinajstić information content (AvgIpc) is 2.27. The molecular formula is C11H8Cl2N2OS. The van der Waals surface area contributed by atoms with Crippen molar-refractivity contribution in [2.75, 3.05) is 0 Å². The van der Waals surface area contributed by atoms with Crippen LogP contribution in [0.1, 0.15) is 5.56 Å². The highest BCUT2D eigenvalue weighted by Crippen LogP contribution is 2.30. The lowest BCUT2D eigenvalue weighted by molar-refractivity contribution is 0.936. The van der Waals surface area contributed by atoms with Crippen LogP contribution in [0.15, 0.2) is 29.2 Å². The molecule has 0 bridgehead atoms. The fourth-order valence-corrected chi connectivity index (χ4v) is 2.26. The zero-order chi connectivity index (χ0) is 12.6. The van der Waals surface area contributed by atoms with Gasteiger partial charge in [-0.15, -0.1) is 0 Å². The molecule has 0 aliphatic carbocycles. The molecule has 0 unspecified atom stereocenters. The molecular weight excluding hydrogens is 279 g/mol. The first-order valence-corrected chi connectivity index (χ1v) is 5.94. The van der Waals surface area contributed by atoms with Gasteiger partial charge in [-0.3, -0.25) is 14.3 Å². The van der Waals surface area contributed by atoms with Crippen molar-refractivity contribution >= 4 is 35.4 Å². The molecule has 2 aromatic rings. The Balaban J connectivity index is 2.81. The van der Waals surface area contributed by atoms with Crippen molar-refractivity contribution in [3.63, 3.8) is 0 Å². The summed E-state index contributed by atoms with van der Waals surface area (Å²) in [5.74, 6) is 0. The number of aryl methyl sites for hydroxylation is 1. The highest BCUT2D eigenvalue weighted by Gasteiger charge is 2.10. The molecule has 2 rings (SSSR count). The summed E-state index contributed by atoms with van der Waals surface area (Å²) >= 11 is 17.4. The van der Waals surface area contributed by atoms with Gasteiger partial charge in [-0.25, -0.2) is 0 Å². The van der Waals surface area contributed by atoms with Gasteiger partial charge >= 0.3 is 0 Å². The van der Waals surface area contributed by atoms with Gasteiger partial charge in [-0.2, -0.15) is 0 Å². The van der Waals surface area contributed by atoms with Crippen molar-refractivity contribution < 1.29 is 0 Å². The monoisotopic (exact) mass is 286 g/mol. The normalized spacial score (nSPS) is 10.5. The van der Waals surface area contributed by atoms with E-state index in [9.17, 15) is 4.79 Å². The molecule has 0 aliphatic rings. The largest absolute Gasteiger partial charge is 0.299 e. The summed E-state index contributed by atoms with van der Waals surface area (Å²) in [7, 11) is 0. The zero-order valence-corrected chi connectivity index (χ0v) is 11.2. The number of hydrogen-bond acceptors (Lipinski definition) is 2. The van der Waals surface area contributed by atoms with Crippen LogP contribution < -0.4 is 5.56 Å². The molecule has 6 heteroatoms. The average molecular weight is 287 g/mol. The molecule has 0 radical (unpaired) electrons. The van der Waals surface area contributed by atoms with Gasteiger partial charge in [-0.1, -0.05) is 29.3 Å². The van der Waals surface area contributed by atoms with E-state index >= 15 is 0 Å². The quantitative estimate of drug-likeness (QED) is 0.815. The van der Waals surface area contributed by atoms with E-state index in [1.54, 1.807) is 16.8 Å². The molecule has 0 spiro atoms. The molecule has 88 valence electrons. The Labute approximate surface area is 113 Å². The molecule has 0 aliphatic heterocycles. The van der Waals surface area contributed by atoms with E-state index in [2.05, 4.69) is 4.98 Å². The van der Waals surface area contributed by atoms with E-state index < -0.39 is 0 Å². The Kier molecular flexibility index (Phi) is 3.38. The predicted molar refractivity (Wildman–Crippen MR) is 72.0 cm³/mol. The number of nitrogens with one attached hydrogen (secondary N) is 1. The maximum absolute atomic E-state index is 11.1. The second-order valence-electron chi connectivity index (χ2n) is 3.51. The lowest BCUT2D eigenvalue weighted by atomic mass is 10.2. The maximum atomic E-state index is 11.1. The molecule has 0 saturated heterocycles. The number of halogens is 2. The molecule has 1 heterocycles. The Bertz CT molecular complexity index is 691. The van der Waals surface area contributed by atoms with Gasteiger partial charge in [0.1, 0.15) is 0 Å². The van der Waals surface area contributed by atoms with Gasteiger partial charge in [0.05, 0.1) is 15.7 Å². The number of benzene rings is 1. The minimum atomic E-state index is -0.258. The van der Waals surface area contributed by atoms with Crippen LogP contribution in [0.3, 0.4) is 0 Å².